The third kappa shape index (κ3) is 2.87. The molecule has 0 aromatic rings. The van der Waals surface area contributed by atoms with Gasteiger partial charge in [0.1, 0.15) is 12.2 Å². The molecule has 1 aliphatic heterocycles. The topological polar surface area (TPSA) is 170 Å². The number of Topliss-reactive ketones (excluding diaryl/α,β-unsaturated/α-hetero) is 3. The summed E-state index contributed by atoms with van der Waals surface area (Å²) in [4.78, 5) is 46.5. The molecule has 1 aliphatic rings. The van der Waals surface area contributed by atoms with E-state index in [1.165, 1.54) is 0 Å². The summed E-state index contributed by atoms with van der Waals surface area (Å²) in [6.07, 6.45) is -7.65. The molecule has 0 saturated carbocycles. The fourth-order valence-corrected chi connectivity index (χ4v) is 2.71. The highest BCUT2D eigenvalue weighted by Crippen LogP contribution is 2.45. The van der Waals surface area contributed by atoms with Crippen molar-refractivity contribution in [3.05, 3.63) is 0 Å². The Hall–Kier alpha value is -1.79. The highest BCUT2D eigenvalue weighted by Gasteiger charge is 2.77. The number of rotatable bonds is 5. The molecule has 11 heteroatoms. The quantitative estimate of drug-likeness (QED) is 0.320. The van der Waals surface area contributed by atoms with Crippen LogP contribution in [0, 0.1) is 0 Å². The molecule has 0 aromatic carbocycles. The van der Waals surface area contributed by atoms with Crippen molar-refractivity contribution in [3.63, 3.8) is 0 Å². The normalized spacial score (nSPS) is 39.4. The lowest BCUT2D eigenvalue weighted by molar-refractivity contribution is -0.389. The van der Waals surface area contributed by atoms with Gasteiger partial charge >= 0.3 is 0 Å². The maximum Gasteiger partial charge on any atom is 0.279 e. The summed E-state index contributed by atoms with van der Waals surface area (Å²) < 4.78 is 19.6. The summed E-state index contributed by atoms with van der Waals surface area (Å²) in [5.41, 5.74) is -7.24. The average molecular weight is 365 g/mol. The van der Waals surface area contributed by atoms with E-state index in [9.17, 15) is 44.0 Å². The van der Waals surface area contributed by atoms with Crippen molar-refractivity contribution in [2.75, 3.05) is 0 Å². The second-order valence-electron chi connectivity index (χ2n) is 5.95. The van der Waals surface area contributed by atoms with E-state index in [2.05, 4.69) is 0 Å². The van der Waals surface area contributed by atoms with Crippen molar-refractivity contribution in [1.29, 1.82) is 0 Å². The van der Waals surface area contributed by atoms with E-state index in [1.54, 1.807) is 5.32 Å². The molecule has 25 heavy (non-hydrogen) atoms. The Morgan fingerprint density at radius 1 is 1.04 bits per heavy atom. The molecule has 5 N–H and O–H groups in total. The first-order valence-electron chi connectivity index (χ1n) is 7.15. The molecule has 1 amide bonds. The van der Waals surface area contributed by atoms with Gasteiger partial charge in [0.05, 0.1) is 0 Å². The maximum atomic E-state index is 14.9. The van der Waals surface area contributed by atoms with Crippen molar-refractivity contribution < 1.29 is 48.7 Å². The highest BCUT2D eigenvalue weighted by molar-refractivity contribution is 5.94. The first-order chi connectivity index (χ1) is 11.2. The lowest BCUT2D eigenvalue weighted by atomic mass is 9.71. The number of nitrogens with one attached hydrogen (secondary N) is 1. The third-order valence-corrected chi connectivity index (χ3v) is 4.13. The molecule has 1 rings (SSSR count). The second-order valence-corrected chi connectivity index (χ2v) is 5.95. The summed E-state index contributed by atoms with van der Waals surface area (Å²) in [5, 5.41) is 43.0. The standard InChI is InChI=1S/C14H20FNO9/c1-5(17)9(21)10-11(15)12(22,6(2)18)14(24,16-8(4)20)13(23,25-10)7(3)19/h9-11,21-24H,1-4H3,(H,16,20)/t9?,10-,11-,12+,13+,14-/m1/s1. The van der Waals surface area contributed by atoms with Gasteiger partial charge in [-0.25, -0.2) is 4.39 Å². The fraction of sp³-hybridized carbons (Fsp3) is 0.714. The first-order valence-corrected chi connectivity index (χ1v) is 7.15. The zero-order valence-corrected chi connectivity index (χ0v) is 13.9. The molecule has 0 aromatic heterocycles. The van der Waals surface area contributed by atoms with Crippen LogP contribution in [-0.4, -0.2) is 79.2 Å². The van der Waals surface area contributed by atoms with Gasteiger partial charge in [-0.05, 0) is 13.8 Å². The molecule has 142 valence electrons. The van der Waals surface area contributed by atoms with Crippen molar-refractivity contribution in [2.24, 2.45) is 0 Å². The molecular weight excluding hydrogens is 345 g/mol. The minimum absolute atomic E-state index is 0.614. The van der Waals surface area contributed by atoms with Crippen LogP contribution in [0.2, 0.25) is 0 Å². The number of carbonyl (C=O) groups is 4. The minimum atomic E-state index is -3.63. The predicted molar refractivity (Wildman–Crippen MR) is 76.5 cm³/mol. The van der Waals surface area contributed by atoms with E-state index >= 15 is 0 Å². The molecular formula is C14H20FNO9. The van der Waals surface area contributed by atoms with Crippen LogP contribution in [0.1, 0.15) is 27.7 Å². The molecule has 0 aliphatic carbocycles. The van der Waals surface area contributed by atoms with Crippen LogP contribution in [0.3, 0.4) is 0 Å². The Labute approximate surface area is 141 Å². The van der Waals surface area contributed by atoms with Crippen LogP contribution in [0.15, 0.2) is 0 Å². The Balaban J connectivity index is 3.75. The summed E-state index contributed by atoms with van der Waals surface area (Å²) in [7, 11) is 0. The zero-order chi connectivity index (χ0) is 20.0. The van der Waals surface area contributed by atoms with Gasteiger partial charge < -0.3 is 30.5 Å². The summed E-state index contributed by atoms with van der Waals surface area (Å²) >= 11 is 0. The SMILES string of the molecule is CC(=O)N[C@]1(O)[C@](O)(C(C)=O)O[C@H](C(O)C(C)=O)[C@@H](F)[C@@]1(O)C(C)=O. The van der Waals surface area contributed by atoms with Gasteiger partial charge in [-0.2, -0.15) is 0 Å². The Bertz CT molecular complexity index is 625. The van der Waals surface area contributed by atoms with E-state index < -0.39 is 58.7 Å². The summed E-state index contributed by atoms with van der Waals surface area (Å²) in [6, 6.07) is 0. The molecule has 0 bridgehead atoms. The van der Waals surface area contributed by atoms with Crippen molar-refractivity contribution in [3.8, 4) is 0 Å². The number of hydrogen-bond donors (Lipinski definition) is 5. The number of ketones is 3. The number of aliphatic hydroxyl groups is 4. The van der Waals surface area contributed by atoms with E-state index in [0.717, 1.165) is 13.8 Å². The van der Waals surface area contributed by atoms with Crippen molar-refractivity contribution >= 4 is 23.3 Å². The monoisotopic (exact) mass is 365 g/mol. The lowest BCUT2D eigenvalue weighted by Crippen LogP contribution is -2.87. The summed E-state index contributed by atoms with van der Waals surface area (Å²) in [5.74, 6) is -8.68. The molecule has 10 nitrogen and oxygen atoms in total. The third-order valence-electron chi connectivity index (χ3n) is 4.13. The number of aliphatic hydroxyl groups excluding tert-OH is 1. The van der Waals surface area contributed by atoms with Gasteiger partial charge in [-0.1, -0.05) is 0 Å². The zero-order valence-electron chi connectivity index (χ0n) is 13.9. The van der Waals surface area contributed by atoms with Crippen LogP contribution < -0.4 is 5.32 Å². The number of alkyl halides is 1. The van der Waals surface area contributed by atoms with Gasteiger partial charge in [0, 0.05) is 13.8 Å². The maximum absolute atomic E-state index is 14.9. The van der Waals surface area contributed by atoms with Gasteiger partial charge in [0.25, 0.3) is 5.79 Å². The molecule has 0 spiro atoms. The number of ether oxygens (including phenoxy) is 1. The van der Waals surface area contributed by atoms with E-state index in [1.807, 2.05) is 0 Å². The Morgan fingerprint density at radius 2 is 1.52 bits per heavy atom. The highest BCUT2D eigenvalue weighted by atomic mass is 19.1. The number of hydrogen-bond acceptors (Lipinski definition) is 9. The first kappa shape index (κ1) is 21.3. The number of halogens is 1. The van der Waals surface area contributed by atoms with Crippen LogP contribution >= 0.6 is 0 Å². The van der Waals surface area contributed by atoms with E-state index in [0.29, 0.717) is 13.8 Å². The van der Waals surface area contributed by atoms with Crippen LogP contribution in [0.4, 0.5) is 4.39 Å². The fourth-order valence-electron chi connectivity index (χ4n) is 2.71. The van der Waals surface area contributed by atoms with E-state index in [4.69, 9.17) is 4.74 Å². The van der Waals surface area contributed by atoms with Crippen molar-refractivity contribution in [2.45, 2.75) is 63.2 Å². The predicted octanol–water partition coefficient (Wildman–Crippen LogP) is -2.90. The minimum Gasteiger partial charge on any atom is -0.382 e. The lowest BCUT2D eigenvalue weighted by Gasteiger charge is -2.56. The van der Waals surface area contributed by atoms with Crippen LogP contribution in [0.25, 0.3) is 0 Å². The number of carbonyl (C=O) groups excluding carboxylic acids is 4. The molecule has 0 radical (unpaired) electrons. The molecule has 1 heterocycles. The van der Waals surface area contributed by atoms with Crippen LogP contribution in [0.5, 0.6) is 0 Å². The molecule has 1 unspecified atom stereocenters. The van der Waals surface area contributed by atoms with Gasteiger partial charge in [0.2, 0.25) is 17.2 Å². The second kappa shape index (κ2) is 6.50. The molecule has 6 atom stereocenters. The van der Waals surface area contributed by atoms with Crippen molar-refractivity contribution in [1.82, 2.24) is 5.32 Å². The molecule has 1 saturated heterocycles. The molecule has 1 fully saturated rings. The van der Waals surface area contributed by atoms with Gasteiger partial charge in [-0.15, -0.1) is 0 Å². The number of amides is 1. The Kier molecular flexibility index (Phi) is 5.52. The smallest absolute Gasteiger partial charge is 0.279 e. The van der Waals surface area contributed by atoms with Crippen LogP contribution in [-0.2, 0) is 23.9 Å². The Morgan fingerprint density at radius 3 is 1.84 bits per heavy atom. The van der Waals surface area contributed by atoms with Gasteiger partial charge in [-0.3, -0.25) is 19.2 Å². The average Bonchev–Trinajstić information content (AvgIpc) is 2.47. The largest absolute Gasteiger partial charge is 0.382 e. The van der Waals surface area contributed by atoms with E-state index in [-0.39, 0.29) is 0 Å². The summed E-state index contributed by atoms with van der Waals surface area (Å²) in [6.45, 7) is 2.89. The van der Waals surface area contributed by atoms with Gasteiger partial charge in [0.15, 0.2) is 23.5 Å².